The average molecular weight is 421 g/mol. The number of nitrogens with two attached hydrogens (primary N) is 4. The zero-order valence-corrected chi connectivity index (χ0v) is 17.9. The largest absolute Gasteiger partial charge is 0.399 e. The summed E-state index contributed by atoms with van der Waals surface area (Å²) in [4.78, 5) is 0. The van der Waals surface area contributed by atoms with Crippen molar-refractivity contribution in [1.82, 2.24) is 0 Å². The molecule has 0 heterocycles. The minimum absolute atomic E-state index is 0.782. The number of hydrogen-bond donors (Lipinski definition) is 4. The third-order valence-electron chi connectivity index (χ3n) is 4.68. The molecule has 32 heavy (non-hydrogen) atoms. The molecule has 0 unspecified atom stereocenters. The molecule has 0 aliphatic rings. The summed E-state index contributed by atoms with van der Waals surface area (Å²) in [6.07, 6.45) is 8.19. The van der Waals surface area contributed by atoms with Gasteiger partial charge in [0, 0.05) is 22.7 Å². The van der Waals surface area contributed by atoms with Crippen molar-refractivity contribution in [2.24, 2.45) is 0 Å². The number of hydrogen-bond acceptors (Lipinski definition) is 4. The molecule has 0 saturated heterocycles. The first-order valence-electron chi connectivity index (χ1n) is 10.3. The number of nitrogen functional groups attached to an aromatic ring is 4. The smallest absolute Gasteiger partial charge is 0.0314 e. The topological polar surface area (TPSA) is 104 Å². The molecule has 4 aromatic rings. The normalized spacial score (nSPS) is 10.8. The Morgan fingerprint density at radius 3 is 0.594 bits per heavy atom. The monoisotopic (exact) mass is 420 g/mol. The van der Waals surface area contributed by atoms with E-state index < -0.39 is 0 Å². The van der Waals surface area contributed by atoms with Crippen LogP contribution in [-0.4, -0.2) is 0 Å². The molecule has 0 amide bonds. The van der Waals surface area contributed by atoms with E-state index in [1.165, 1.54) is 0 Å². The fraction of sp³-hybridized carbons (Fsp3) is 0. The Morgan fingerprint density at radius 1 is 0.281 bits per heavy atom. The van der Waals surface area contributed by atoms with Gasteiger partial charge in [-0.2, -0.15) is 0 Å². The van der Waals surface area contributed by atoms with Crippen molar-refractivity contribution in [3.63, 3.8) is 0 Å². The molecule has 4 heteroatoms. The summed E-state index contributed by atoms with van der Waals surface area (Å²) in [6.45, 7) is 0. The van der Waals surface area contributed by atoms with Crippen LogP contribution in [0.4, 0.5) is 22.7 Å². The van der Waals surface area contributed by atoms with Gasteiger partial charge in [0.1, 0.15) is 0 Å². The first-order valence-corrected chi connectivity index (χ1v) is 10.3. The minimum atomic E-state index is 0.782. The van der Waals surface area contributed by atoms with Gasteiger partial charge in [0.15, 0.2) is 0 Å². The van der Waals surface area contributed by atoms with Crippen molar-refractivity contribution in [2.75, 3.05) is 22.9 Å². The van der Waals surface area contributed by atoms with Crippen LogP contribution in [0.3, 0.4) is 0 Å². The summed E-state index contributed by atoms with van der Waals surface area (Å²) in [5.74, 6) is 0. The van der Waals surface area contributed by atoms with Gasteiger partial charge in [0.25, 0.3) is 0 Å². The van der Waals surface area contributed by atoms with Crippen LogP contribution in [-0.2, 0) is 0 Å². The van der Waals surface area contributed by atoms with E-state index in [1.54, 1.807) is 0 Å². The number of rotatable bonds is 4. The van der Waals surface area contributed by atoms with Gasteiger partial charge < -0.3 is 22.9 Å². The highest BCUT2D eigenvalue weighted by Gasteiger charge is 1.90. The highest BCUT2D eigenvalue weighted by atomic mass is 14.5. The van der Waals surface area contributed by atoms with Crippen LogP contribution >= 0.6 is 0 Å². The van der Waals surface area contributed by atoms with Gasteiger partial charge in [-0.25, -0.2) is 0 Å². The summed E-state index contributed by atoms with van der Waals surface area (Å²) in [6, 6.07) is 31.0. The highest BCUT2D eigenvalue weighted by Crippen LogP contribution is 2.13. The molecule has 4 nitrogen and oxygen atoms in total. The Balaban J connectivity index is 0.000000181. The second-order valence-corrected chi connectivity index (χ2v) is 7.33. The summed E-state index contributed by atoms with van der Waals surface area (Å²) in [5, 5.41) is 0. The molecule has 4 rings (SSSR count). The van der Waals surface area contributed by atoms with Crippen LogP contribution in [0, 0.1) is 0 Å². The summed E-state index contributed by atoms with van der Waals surface area (Å²) in [5.41, 5.74) is 30.1. The van der Waals surface area contributed by atoms with Crippen LogP contribution in [0.2, 0.25) is 0 Å². The summed E-state index contributed by atoms with van der Waals surface area (Å²) < 4.78 is 0. The molecule has 0 aliphatic heterocycles. The molecule has 0 atom stereocenters. The minimum Gasteiger partial charge on any atom is -0.399 e. The van der Waals surface area contributed by atoms with E-state index in [1.807, 2.05) is 121 Å². The predicted molar refractivity (Wildman–Crippen MR) is 141 cm³/mol. The quantitative estimate of drug-likeness (QED) is 0.238. The molecule has 4 aromatic carbocycles. The molecule has 0 spiro atoms. The second kappa shape index (κ2) is 11.1. The molecule has 0 fully saturated rings. The molecule has 0 aromatic heterocycles. The second-order valence-electron chi connectivity index (χ2n) is 7.33. The van der Waals surface area contributed by atoms with Crippen molar-refractivity contribution >= 4 is 47.1 Å². The van der Waals surface area contributed by atoms with Crippen LogP contribution < -0.4 is 22.9 Å². The third-order valence-corrected chi connectivity index (χ3v) is 4.68. The molecule has 0 radical (unpaired) electrons. The van der Waals surface area contributed by atoms with E-state index in [-0.39, 0.29) is 0 Å². The van der Waals surface area contributed by atoms with Gasteiger partial charge in [0.05, 0.1) is 0 Å². The van der Waals surface area contributed by atoms with Gasteiger partial charge in [-0.1, -0.05) is 72.8 Å². The van der Waals surface area contributed by atoms with Crippen molar-refractivity contribution in [1.29, 1.82) is 0 Å². The zero-order valence-electron chi connectivity index (χ0n) is 17.9. The maximum absolute atomic E-state index is 5.61. The number of anilines is 4. The molecule has 0 saturated carbocycles. The fourth-order valence-corrected chi connectivity index (χ4v) is 2.81. The molecule has 0 aliphatic carbocycles. The van der Waals surface area contributed by atoms with Gasteiger partial charge in [0.2, 0.25) is 0 Å². The van der Waals surface area contributed by atoms with E-state index in [0.29, 0.717) is 0 Å². The molecular formula is C28H28N4. The lowest BCUT2D eigenvalue weighted by molar-refractivity contribution is 1.63. The number of benzene rings is 4. The van der Waals surface area contributed by atoms with E-state index in [2.05, 4.69) is 0 Å². The van der Waals surface area contributed by atoms with E-state index in [0.717, 1.165) is 45.0 Å². The first kappa shape index (κ1) is 22.2. The van der Waals surface area contributed by atoms with Crippen molar-refractivity contribution < 1.29 is 0 Å². The van der Waals surface area contributed by atoms with Crippen LogP contribution in [0.25, 0.3) is 24.3 Å². The maximum Gasteiger partial charge on any atom is 0.0314 e. The first-order chi connectivity index (χ1) is 15.5. The van der Waals surface area contributed by atoms with Gasteiger partial charge >= 0.3 is 0 Å². The van der Waals surface area contributed by atoms with E-state index >= 15 is 0 Å². The average Bonchev–Trinajstić information content (AvgIpc) is 2.81. The van der Waals surface area contributed by atoms with Crippen molar-refractivity contribution in [3.8, 4) is 0 Å². The maximum atomic E-state index is 5.61. The standard InChI is InChI=1S/2C14H14N2/c2*15-13-7-3-11(4-8-13)1-2-12-5-9-14(16)10-6-12/h2*1-10H,15-16H2. The lowest BCUT2D eigenvalue weighted by Gasteiger charge is -1.96. The Morgan fingerprint density at radius 2 is 0.438 bits per heavy atom. The SMILES string of the molecule is Nc1ccc(C=Cc2ccc(N)cc2)cc1.Nc1ccc(C=Cc2ccc(N)cc2)cc1. The van der Waals surface area contributed by atoms with Gasteiger partial charge in [-0.3, -0.25) is 0 Å². The van der Waals surface area contributed by atoms with Crippen LogP contribution in [0.1, 0.15) is 22.3 Å². The van der Waals surface area contributed by atoms with Crippen LogP contribution in [0.15, 0.2) is 97.1 Å². The summed E-state index contributed by atoms with van der Waals surface area (Å²) >= 11 is 0. The zero-order chi connectivity index (χ0) is 22.8. The molecule has 8 N–H and O–H groups in total. The molecule has 0 bridgehead atoms. The Hall–Kier alpha value is -4.44. The predicted octanol–water partition coefficient (Wildman–Crippen LogP) is 6.04. The Labute approximate surface area is 189 Å². The van der Waals surface area contributed by atoms with E-state index in [9.17, 15) is 0 Å². The third kappa shape index (κ3) is 7.43. The van der Waals surface area contributed by atoms with Crippen molar-refractivity contribution in [3.05, 3.63) is 119 Å². The summed E-state index contributed by atoms with van der Waals surface area (Å²) in [7, 11) is 0. The Kier molecular flexibility index (Phi) is 7.71. The van der Waals surface area contributed by atoms with Crippen LogP contribution in [0.5, 0.6) is 0 Å². The highest BCUT2D eigenvalue weighted by molar-refractivity contribution is 5.71. The lowest BCUT2D eigenvalue weighted by atomic mass is 10.1. The molecular weight excluding hydrogens is 392 g/mol. The molecule has 160 valence electrons. The lowest BCUT2D eigenvalue weighted by Crippen LogP contribution is -1.83. The van der Waals surface area contributed by atoms with Crippen molar-refractivity contribution in [2.45, 2.75) is 0 Å². The Bertz CT molecular complexity index is 964. The van der Waals surface area contributed by atoms with Gasteiger partial charge in [-0.15, -0.1) is 0 Å². The fourth-order valence-electron chi connectivity index (χ4n) is 2.81. The van der Waals surface area contributed by atoms with E-state index in [4.69, 9.17) is 22.9 Å². The van der Waals surface area contributed by atoms with Gasteiger partial charge in [-0.05, 0) is 70.8 Å².